The summed E-state index contributed by atoms with van der Waals surface area (Å²) in [5.41, 5.74) is 1.63. The number of halogens is 1. The molecule has 0 unspecified atom stereocenters. The monoisotopic (exact) mass is 245 g/mol. The normalized spacial score (nSPS) is 9.94. The van der Waals surface area contributed by atoms with Crippen LogP contribution >= 0.6 is 11.6 Å². The lowest BCUT2D eigenvalue weighted by Crippen LogP contribution is -2.02. The van der Waals surface area contributed by atoms with Crippen molar-refractivity contribution in [2.45, 2.75) is 6.61 Å². The van der Waals surface area contributed by atoms with Gasteiger partial charge >= 0.3 is 0 Å². The van der Waals surface area contributed by atoms with E-state index in [0.717, 1.165) is 11.3 Å². The summed E-state index contributed by atoms with van der Waals surface area (Å²) in [6.45, 7) is 0.412. The quantitative estimate of drug-likeness (QED) is 0.816. The zero-order chi connectivity index (χ0) is 12.1. The molecule has 0 bridgehead atoms. The van der Waals surface area contributed by atoms with E-state index in [-0.39, 0.29) is 5.17 Å². The molecule has 0 saturated carbocycles. The van der Waals surface area contributed by atoms with Gasteiger partial charge in [0.05, 0.1) is 0 Å². The van der Waals surface area contributed by atoms with E-state index in [9.17, 15) is 0 Å². The zero-order valence-electron chi connectivity index (χ0n) is 9.19. The van der Waals surface area contributed by atoms with Crippen LogP contribution in [0.25, 0.3) is 0 Å². The second-order valence-electron chi connectivity index (χ2n) is 3.57. The molecule has 0 aliphatic carbocycles. The molecule has 2 aromatic carbocycles. The molecule has 0 aliphatic rings. The Kier molecular flexibility index (Phi) is 3.78. The first kappa shape index (κ1) is 11.7. The van der Waals surface area contributed by atoms with Crippen LogP contribution in [-0.2, 0) is 6.61 Å². The first-order chi connectivity index (χ1) is 8.27. The van der Waals surface area contributed by atoms with Crippen LogP contribution < -0.4 is 4.74 Å². The average molecular weight is 246 g/mol. The molecule has 0 radical (unpaired) electrons. The summed E-state index contributed by atoms with van der Waals surface area (Å²) in [6, 6.07) is 17.1. The summed E-state index contributed by atoms with van der Waals surface area (Å²) in [4.78, 5) is 0. The second kappa shape index (κ2) is 5.51. The number of rotatable bonds is 4. The van der Waals surface area contributed by atoms with Crippen molar-refractivity contribution >= 4 is 16.8 Å². The molecular formula is C14H12ClNO. The standard InChI is InChI=1S/C14H12ClNO/c15-14(16)13-9-5-4-6-11(13)10-17-12-7-2-1-3-8-12/h1-9,16H,10H2. The summed E-state index contributed by atoms with van der Waals surface area (Å²) >= 11 is 5.72. The van der Waals surface area contributed by atoms with Gasteiger partial charge in [-0.15, -0.1) is 0 Å². The highest BCUT2D eigenvalue weighted by Crippen LogP contribution is 2.15. The molecular weight excluding hydrogens is 234 g/mol. The molecule has 0 aliphatic heterocycles. The predicted octanol–water partition coefficient (Wildman–Crippen LogP) is 3.83. The highest BCUT2D eigenvalue weighted by Gasteiger charge is 2.05. The number of para-hydroxylation sites is 1. The van der Waals surface area contributed by atoms with Crippen molar-refractivity contribution < 1.29 is 4.74 Å². The first-order valence-electron chi connectivity index (χ1n) is 5.27. The molecule has 0 spiro atoms. The minimum atomic E-state index is 0.0391. The van der Waals surface area contributed by atoms with Gasteiger partial charge in [-0.25, -0.2) is 0 Å². The molecule has 3 heteroatoms. The Bertz CT molecular complexity index is 511. The van der Waals surface area contributed by atoms with Gasteiger partial charge in [0.1, 0.15) is 17.5 Å². The summed E-state index contributed by atoms with van der Waals surface area (Å²) in [5.74, 6) is 0.809. The number of nitrogens with one attached hydrogen (secondary N) is 1. The van der Waals surface area contributed by atoms with Crippen molar-refractivity contribution in [3.63, 3.8) is 0 Å². The third-order valence-electron chi connectivity index (χ3n) is 2.39. The molecule has 0 heterocycles. The summed E-state index contributed by atoms with van der Waals surface area (Å²) in [6.07, 6.45) is 0. The van der Waals surface area contributed by atoms with Crippen LogP contribution in [0.4, 0.5) is 0 Å². The largest absolute Gasteiger partial charge is 0.489 e. The molecule has 0 saturated heterocycles. The average Bonchev–Trinajstić information content (AvgIpc) is 2.38. The van der Waals surface area contributed by atoms with Gasteiger partial charge in [-0.05, 0) is 17.7 Å². The van der Waals surface area contributed by atoms with Gasteiger partial charge < -0.3 is 4.74 Å². The minimum Gasteiger partial charge on any atom is -0.489 e. The molecule has 17 heavy (non-hydrogen) atoms. The number of benzene rings is 2. The van der Waals surface area contributed by atoms with Gasteiger partial charge in [-0.1, -0.05) is 54.1 Å². The van der Waals surface area contributed by atoms with Gasteiger partial charge in [0.15, 0.2) is 0 Å². The predicted molar refractivity (Wildman–Crippen MR) is 69.9 cm³/mol. The van der Waals surface area contributed by atoms with Crippen molar-refractivity contribution in [2.24, 2.45) is 0 Å². The maximum Gasteiger partial charge on any atom is 0.128 e. The van der Waals surface area contributed by atoms with Gasteiger partial charge in [0.25, 0.3) is 0 Å². The van der Waals surface area contributed by atoms with E-state index < -0.39 is 0 Å². The van der Waals surface area contributed by atoms with Crippen LogP contribution in [0.2, 0.25) is 0 Å². The van der Waals surface area contributed by atoms with Gasteiger partial charge in [-0.3, -0.25) is 5.41 Å². The van der Waals surface area contributed by atoms with Crippen molar-refractivity contribution in [3.05, 3.63) is 65.7 Å². The van der Waals surface area contributed by atoms with Crippen molar-refractivity contribution in [1.82, 2.24) is 0 Å². The smallest absolute Gasteiger partial charge is 0.128 e. The second-order valence-corrected chi connectivity index (χ2v) is 3.95. The fourth-order valence-electron chi connectivity index (χ4n) is 1.54. The molecule has 1 N–H and O–H groups in total. The van der Waals surface area contributed by atoms with Crippen LogP contribution in [0, 0.1) is 5.41 Å². The van der Waals surface area contributed by atoms with Gasteiger partial charge in [0.2, 0.25) is 0 Å². The Morgan fingerprint density at radius 2 is 1.65 bits per heavy atom. The molecule has 2 rings (SSSR count). The lowest BCUT2D eigenvalue weighted by atomic mass is 10.1. The number of ether oxygens (including phenoxy) is 1. The molecule has 2 aromatic rings. The highest BCUT2D eigenvalue weighted by atomic mass is 35.5. The van der Waals surface area contributed by atoms with Crippen LogP contribution in [0.5, 0.6) is 5.75 Å². The molecule has 0 fully saturated rings. The lowest BCUT2D eigenvalue weighted by molar-refractivity contribution is 0.306. The van der Waals surface area contributed by atoms with Crippen molar-refractivity contribution in [1.29, 1.82) is 5.41 Å². The molecule has 0 aromatic heterocycles. The Morgan fingerprint density at radius 1 is 1.00 bits per heavy atom. The fourth-order valence-corrected chi connectivity index (χ4v) is 1.72. The van der Waals surface area contributed by atoms with Crippen molar-refractivity contribution in [3.8, 4) is 5.75 Å². The Hall–Kier alpha value is -1.80. The third kappa shape index (κ3) is 3.08. The fraction of sp³-hybridized carbons (Fsp3) is 0.0714. The SMILES string of the molecule is N=C(Cl)c1ccccc1COc1ccccc1. The van der Waals surface area contributed by atoms with Crippen molar-refractivity contribution in [2.75, 3.05) is 0 Å². The summed E-state index contributed by atoms with van der Waals surface area (Å²) in [7, 11) is 0. The molecule has 0 amide bonds. The molecule has 0 atom stereocenters. The van der Waals surface area contributed by atoms with E-state index in [2.05, 4.69) is 0 Å². The van der Waals surface area contributed by atoms with E-state index >= 15 is 0 Å². The lowest BCUT2D eigenvalue weighted by Gasteiger charge is -2.09. The Labute approximate surface area is 105 Å². The Morgan fingerprint density at radius 3 is 2.35 bits per heavy atom. The van der Waals surface area contributed by atoms with E-state index in [1.165, 1.54) is 0 Å². The minimum absolute atomic E-state index is 0.0391. The van der Waals surface area contributed by atoms with Crippen LogP contribution in [0.15, 0.2) is 54.6 Å². The zero-order valence-corrected chi connectivity index (χ0v) is 9.95. The third-order valence-corrected chi connectivity index (χ3v) is 2.59. The van der Waals surface area contributed by atoms with E-state index in [4.69, 9.17) is 21.7 Å². The topological polar surface area (TPSA) is 33.1 Å². The molecule has 86 valence electrons. The van der Waals surface area contributed by atoms with Gasteiger partial charge in [0, 0.05) is 5.56 Å². The maximum absolute atomic E-state index is 7.47. The van der Waals surface area contributed by atoms with E-state index in [1.807, 2.05) is 54.6 Å². The first-order valence-corrected chi connectivity index (χ1v) is 5.65. The van der Waals surface area contributed by atoms with Crippen LogP contribution in [0.1, 0.15) is 11.1 Å². The van der Waals surface area contributed by atoms with Crippen LogP contribution in [-0.4, -0.2) is 5.17 Å². The van der Waals surface area contributed by atoms with Crippen LogP contribution in [0.3, 0.4) is 0 Å². The number of hydrogen-bond donors (Lipinski definition) is 1. The van der Waals surface area contributed by atoms with E-state index in [0.29, 0.717) is 12.2 Å². The molecule has 2 nitrogen and oxygen atoms in total. The van der Waals surface area contributed by atoms with Gasteiger partial charge in [-0.2, -0.15) is 0 Å². The van der Waals surface area contributed by atoms with E-state index in [1.54, 1.807) is 0 Å². The summed E-state index contributed by atoms with van der Waals surface area (Å²) in [5, 5.41) is 7.51. The maximum atomic E-state index is 7.47. The number of hydrogen-bond acceptors (Lipinski definition) is 2. The highest BCUT2D eigenvalue weighted by molar-refractivity contribution is 6.68. The summed E-state index contributed by atoms with van der Waals surface area (Å²) < 4.78 is 5.63. The Balaban J connectivity index is 2.12.